The molecule has 1 fully saturated rings. The summed E-state index contributed by atoms with van der Waals surface area (Å²) in [6.45, 7) is 5.63. The number of pyridine rings is 1. The average Bonchev–Trinajstić information content (AvgIpc) is 3.04. The lowest BCUT2D eigenvalue weighted by Crippen LogP contribution is -2.32. The number of ether oxygens (including phenoxy) is 1. The van der Waals surface area contributed by atoms with Gasteiger partial charge in [0.25, 0.3) is 0 Å². The van der Waals surface area contributed by atoms with Gasteiger partial charge in [-0.25, -0.2) is 13.4 Å². The number of hydrogen-bond donors (Lipinski definition) is 1. The first-order valence-electron chi connectivity index (χ1n) is 9.89. The first-order chi connectivity index (χ1) is 14.2. The second-order valence-corrected chi connectivity index (χ2v) is 9.96. The Balaban J connectivity index is 1.56. The lowest BCUT2D eigenvalue weighted by Gasteiger charge is -2.24. The molecule has 1 aromatic carbocycles. The third kappa shape index (κ3) is 5.36. The predicted octanol–water partition coefficient (Wildman–Crippen LogP) is 2.49. The smallest absolute Gasteiger partial charge is 0.193 e. The van der Waals surface area contributed by atoms with Crippen molar-refractivity contribution in [3.05, 3.63) is 53.2 Å². The maximum atomic E-state index is 11.7. The molecule has 1 aromatic heterocycles. The summed E-state index contributed by atoms with van der Waals surface area (Å²) in [5.74, 6) is 0.854. The largest absolute Gasteiger partial charge is 0.492 e. The van der Waals surface area contributed by atoms with Gasteiger partial charge in [0.15, 0.2) is 14.9 Å². The first kappa shape index (κ1) is 22.2. The predicted molar refractivity (Wildman–Crippen MR) is 113 cm³/mol. The fourth-order valence-electron chi connectivity index (χ4n) is 3.95. The Bertz CT molecular complexity index is 1050. The fourth-order valence-corrected chi connectivity index (χ4v) is 4.84. The monoisotopic (exact) mass is 429 g/mol. The van der Waals surface area contributed by atoms with E-state index in [2.05, 4.69) is 22.9 Å². The lowest BCUT2D eigenvalue weighted by molar-refractivity contribution is 0.107. The maximum absolute atomic E-state index is 11.7. The van der Waals surface area contributed by atoms with Gasteiger partial charge in [-0.05, 0) is 49.6 Å². The van der Waals surface area contributed by atoms with Gasteiger partial charge in [0.1, 0.15) is 5.75 Å². The summed E-state index contributed by atoms with van der Waals surface area (Å²) in [6, 6.07) is 11.2. The Morgan fingerprint density at radius 3 is 2.83 bits per heavy atom. The molecule has 0 spiro atoms. The van der Waals surface area contributed by atoms with Gasteiger partial charge in [0.05, 0.1) is 30.5 Å². The average molecular weight is 430 g/mol. The second-order valence-electron chi connectivity index (χ2n) is 8.03. The first-order valence-corrected chi connectivity index (χ1v) is 11.8. The van der Waals surface area contributed by atoms with Crippen LogP contribution in [0.1, 0.15) is 36.1 Å². The van der Waals surface area contributed by atoms with Crippen LogP contribution in [0.15, 0.2) is 41.6 Å². The third-order valence-corrected chi connectivity index (χ3v) is 6.57. The summed E-state index contributed by atoms with van der Waals surface area (Å²) < 4.78 is 29.2. The quantitative estimate of drug-likeness (QED) is 0.721. The number of aromatic nitrogens is 1. The fraction of sp³-hybridized carbons (Fsp3) is 0.455. The molecule has 3 atom stereocenters. The Morgan fingerprint density at radius 2 is 2.17 bits per heavy atom. The number of sulfone groups is 1. The van der Waals surface area contributed by atoms with E-state index in [9.17, 15) is 13.5 Å². The van der Waals surface area contributed by atoms with E-state index in [1.807, 2.05) is 6.07 Å². The van der Waals surface area contributed by atoms with Crippen LogP contribution in [0.3, 0.4) is 0 Å². The van der Waals surface area contributed by atoms with E-state index >= 15 is 0 Å². The number of likely N-dealkylation sites (tertiary alicyclic amines) is 1. The zero-order valence-corrected chi connectivity index (χ0v) is 18.3. The van der Waals surface area contributed by atoms with E-state index in [1.54, 1.807) is 31.2 Å². The molecule has 3 unspecified atom stereocenters. The van der Waals surface area contributed by atoms with Crippen LogP contribution >= 0.6 is 0 Å². The van der Waals surface area contributed by atoms with Crippen molar-refractivity contribution in [1.29, 1.82) is 5.26 Å². The molecule has 0 bridgehead atoms. The van der Waals surface area contributed by atoms with Crippen molar-refractivity contribution in [2.45, 2.75) is 37.4 Å². The highest BCUT2D eigenvalue weighted by atomic mass is 32.2. The van der Waals surface area contributed by atoms with Gasteiger partial charge >= 0.3 is 0 Å². The number of aliphatic hydroxyl groups excluding tert-OH is 1. The molecule has 1 N–H and O–H groups in total. The van der Waals surface area contributed by atoms with Gasteiger partial charge in [-0.3, -0.25) is 4.90 Å². The number of β-amino-alcohol motifs (C(OH)–C–C–N with tert-alkyl or cyclic N) is 1. The molecule has 8 heteroatoms. The van der Waals surface area contributed by atoms with Crippen LogP contribution < -0.4 is 4.74 Å². The van der Waals surface area contributed by atoms with Crippen molar-refractivity contribution >= 4 is 9.84 Å². The highest BCUT2D eigenvalue weighted by Crippen LogP contribution is 2.27. The SMILES string of the molecule is Cc1cc(OCC2CC(C)N(CC(O)c3cccc(C#N)c3)C2)cnc1S(C)(=O)=O. The second kappa shape index (κ2) is 9.13. The Morgan fingerprint density at radius 1 is 1.40 bits per heavy atom. The number of nitrogens with zero attached hydrogens (tertiary/aromatic N) is 3. The van der Waals surface area contributed by atoms with Crippen molar-refractivity contribution in [2.75, 3.05) is 26.0 Å². The zero-order chi connectivity index (χ0) is 21.9. The molecular weight excluding hydrogens is 402 g/mol. The van der Waals surface area contributed by atoms with Crippen molar-refractivity contribution < 1.29 is 18.3 Å². The molecule has 3 rings (SSSR count). The van der Waals surface area contributed by atoms with Crippen LogP contribution in [0.5, 0.6) is 5.75 Å². The van der Waals surface area contributed by atoms with E-state index in [0.29, 0.717) is 42.0 Å². The molecule has 1 aliphatic rings. The van der Waals surface area contributed by atoms with Crippen LogP contribution in [0.4, 0.5) is 0 Å². The van der Waals surface area contributed by atoms with Gasteiger partial charge in [0, 0.05) is 31.3 Å². The molecule has 0 amide bonds. The van der Waals surface area contributed by atoms with Crippen LogP contribution in [0, 0.1) is 24.2 Å². The Hall–Kier alpha value is -2.47. The van der Waals surface area contributed by atoms with Gasteiger partial charge in [-0.15, -0.1) is 0 Å². The number of aryl methyl sites for hydroxylation is 1. The Labute approximate surface area is 177 Å². The van der Waals surface area contributed by atoms with Gasteiger partial charge in [-0.2, -0.15) is 5.26 Å². The zero-order valence-electron chi connectivity index (χ0n) is 17.4. The minimum absolute atomic E-state index is 0.0740. The number of rotatable bonds is 7. The minimum Gasteiger partial charge on any atom is -0.492 e. The van der Waals surface area contributed by atoms with E-state index < -0.39 is 15.9 Å². The summed E-state index contributed by atoms with van der Waals surface area (Å²) in [5, 5.41) is 19.7. The summed E-state index contributed by atoms with van der Waals surface area (Å²) in [4.78, 5) is 6.26. The van der Waals surface area contributed by atoms with E-state index in [-0.39, 0.29) is 5.03 Å². The number of benzene rings is 1. The molecule has 2 aromatic rings. The summed E-state index contributed by atoms with van der Waals surface area (Å²) in [7, 11) is -3.35. The number of nitriles is 1. The molecule has 0 aliphatic carbocycles. The molecular formula is C22H27N3O4S. The normalized spacial score (nSPS) is 20.6. The molecule has 0 radical (unpaired) electrons. The van der Waals surface area contributed by atoms with E-state index in [4.69, 9.17) is 10.00 Å². The standard InChI is InChI=1S/C22H27N3O4S/c1-15-7-20(11-24-22(15)30(3,27)28)29-14-18-8-16(2)25(12-18)13-21(26)19-6-4-5-17(9-19)10-23/h4-7,9,11,16,18,21,26H,8,12-14H2,1-3H3. The van der Waals surface area contributed by atoms with Crippen LogP contribution in [-0.4, -0.2) is 55.4 Å². The van der Waals surface area contributed by atoms with Gasteiger partial charge in [0.2, 0.25) is 0 Å². The van der Waals surface area contributed by atoms with Crippen molar-refractivity contribution in [1.82, 2.24) is 9.88 Å². The molecule has 2 heterocycles. The third-order valence-electron chi connectivity index (χ3n) is 5.44. The van der Waals surface area contributed by atoms with Crippen LogP contribution in [-0.2, 0) is 9.84 Å². The van der Waals surface area contributed by atoms with Gasteiger partial charge < -0.3 is 9.84 Å². The molecule has 30 heavy (non-hydrogen) atoms. The molecule has 1 aliphatic heterocycles. The molecule has 0 saturated carbocycles. The van der Waals surface area contributed by atoms with Crippen LogP contribution in [0.25, 0.3) is 0 Å². The van der Waals surface area contributed by atoms with Crippen molar-refractivity contribution in [3.63, 3.8) is 0 Å². The summed E-state index contributed by atoms with van der Waals surface area (Å²) >= 11 is 0. The molecule has 160 valence electrons. The minimum atomic E-state index is -3.35. The number of aliphatic hydroxyl groups is 1. The van der Waals surface area contributed by atoms with E-state index in [1.165, 1.54) is 6.20 Å². The Kier molecular flexibility index (Phi) is 6.76. The topological polar surface area (TPSA) is 104 Å². The van der Waals surface area contributed by atoms with E-state index in [0.717, 1.165) is 24.8 Å². The highest BCUT2D eigenvalue weighted by Gasteiger charge is 2.31. The maximum Gasteiger partial charge on any atom is 0.193 e. The van der Waals surface area contributed by atoms with Crippen molar-refractivity contribution in [3.8, 4) is 11.8 Å². The van der Waals surface area contributed by atoms with Gasteiger partial charge in [-0.1, -0.05) is 12.1 Å². The number of hydrogen-bond acceptors (Lipinski definition) is 7. The van der Waals surface area contributed by atoms with Crippen molar-refractivity contribution in [2.24, 2.45) is 5.92 Å². The summed E-state index contributed by atoms with van der Waals surface area (Å²) in [6.07, 6.45) is 2.88. The van der Waals surface area contributed by atoms with Crippen LogP contribution in [0.2, 0.25) is 0 Å². The highest BCUT2D eigenvalue weighted by molar-refractivity contribution is 7.90. The molecule has 1 saturated heterocycles. The lowest BCUT2D eigenvalue weighted by atomic mass is 10.1. The summed E-state index contributed by atoms with van der Waals surface area (Å²) in [5.41, 5.74) is 1.85. The molecule has 7 nitrogen and oxygen atoms in total.